The molecule has 17 heavy (non-hydrogen) atoms. The fourth-order valence-corrected chi connectivity index (χ4v) is 2.44. The van der Waals surface area contributed by atoms with Crippen LogP contribution in [-0.2, 0) is 16.8 Å². The molecule has 0 aliphatic heterocycles. The van der Waals surface area contributed by atoms with Crippen LogP contribution in [0.15, 0.2) is 24.3 Å². The van der Waals surface area contributed by atoms with Crippen LogP contribution in [0, 0.1) is 5.92 Å². The van der Waals surface area contributed by atoms with Gasteiger partial charge >= 0.3 is 5.97 Å². The van der Waals surface area contributed by atoms with Gasteiger partial charge in [0.2, 0.25) is 0 Å². The molecule has 1 aromatic rings. The van der Waals surface area contributed by atoms with Crippen molar-refractivity contribution in [1.29, 1.82) is 0 Å². The Labute approximate surface area is 101 Å². The first-order valence-corrected chi connectivity index (χ1v) is 6.10. The highest BCUT2D eigenvalue weighted by atomic mass is 16.4. The molecule has 2 N–H and O–H groups in total. The zero-order valence-corrected chi connectivity index (χ0v) is 10.0. The van der Waals surface area contributed by atoms with Crippen LogP contribution in [0.2, 0.25) is 0 Å². The Balaban J connectivity index is 2.06. The van der Waals surface area contributed by atoms with Crippen LogP contribution >= 0.6 is 0 Å². The van der Waals surface area contributed by atoms with Crippen LogP contribution in [0.3, 0.4) is 0 Å². The van der Waals surface area contributed by atoms with Crippen molar-refractivity contribution in [3.05, 3.63) is 35.4 Å². The molecule has 1 aliphatic rings. The molecular formula is C14H18O3. The van der Waals surface area contributed by atoms with E-state index in [-0.39, 0.29) is 0 Å². The molecule has 2 rings (SSSR count). The van der Waals surface area contributed by atoms with Crippen LogP contribution in [0.5, 0.6) is 0 Å². The quantitative estimate of drug-likeness (QED) is 0.840. The monoisotopic (exact) mass is 234 g/mol. The van der Waals surface area contributed by atoms with E-state index >= 15 is 0 Å². The van der Waals surface area contributed by atoms with Gasteiger partial charge in [-0.2, -0.15) is 0 Å². The molecule has 1 fully saturated rings. The molecule has 0 saturated heterocycles. The first-order valence-electron chi connectivity index (χ1n) is 6.10. The number of carboxylic acids is 1. The highest BCUT2D eigenvalue weighted by molar-refractivity contribution is 5.71. The van der Waals surface area contributed by atoms with Gasteiger partial charge in [-0.15, -0.1) is 0 Å². The number of hydrogen-bond acceptors (Lipinski definition) is 2. The Kier molecular flexibility index (Phi) is 3.20. The lowest BCUT2D eigenvalue weighted by Gasteiger charge is -2.41. The topological polar surface area (TPSA) is 57.5 Å². The predicted octanol–water partition coefficient (Wildman–Crippen LogP) is 2.32. The van der Waals surface area contributed by atoms with Crippen molar-refractivity contribution in [2.24, 2.45) is 5.92 Å². The van der Waals surface area contributed by atoms with Crippen molar-refractivity contribution in [1.82, 2.24) is 0 Å². The first-order chi connectivity index (χ1) is 8.05. The molecule has 92 valence electrons. The smallest absolute Gasteiger partial charge is 0.306 e. The summed E-state index contributed by atoms with van der Waals surface area (Å²) in [5, 5.41) is 19.1. The number of hydrogen-bond donors (Lipinski definition) is 2. The molecule has 0 heterocycles. The molecule has 0 amide bonds. The lowest BCUT2D eigenvalue weighted by molar-refractivity contribution is -0.159. The van der Waals surface area contributed by atoms with E-state index in [0.29, 0.717) is 12.8 Å². The predicted molar refractivity (Wildman–Crippen MR) is 64.7 cm³/mol. The summed E-state index contributed by atoms with van der Waals surface area (Å²) >= 11 is 0. The maximum absolute atomic E-state index is 10.7. The minimum atomic E-state index is -0.923. The molecule has 0 aromatic heterocycles. The Morgan fingerprint density at radius 1 is 1.35 bits per heavy atom. The summed E-state index contributed by atoms with van der Waals surface area (Å²) in [5.41, 5.74) is 1.18. The van der Waals surface area contributed by atoms with E-state index in [0.717, 1.165) is 18.4 Å². The van der Waals surface area contributed by atoms with Crippen LogP contribution in [0.1, 0.15) is 37.3 Å². The van der Waals surface area contributed by atoms with E-state index in [1.54, 1.807) is 0 Å². The standard InChI is InChI=1S/C14H18O3/c1-2-3-10-4-6-12(7-5-10)14(17)8-11(9-14)13(15)16/h4-7,11,17H,2-3,8-9H2,1H3,(H,15,16). The van der Waals surface area contributed by atoms with Crippen LogP contribution < -0.4 is 0 Å². The van der Waals surface area contributed by atoms with E-state index in [9.17, 15) is 9.90 Å². The summed E-state index contributed by atoms with van der Waals surface area (Å²) in [5.74, 6) is -1.20. The number of benzene rings is 1. The molecule has 0 bridgehead atoms. The summed E-state index contributed by atoms with van der Waals surface area (Å²) in [6.45, 7) is 2.13. The number of aliphatic carboxylic acids is 1. The number of carboxylic acid groups (broad SMARTS) is 1. The molecule has 1 saturated carbocycles. The van der Waals surface area contributed by atoms with Gasteiger partial charge < -0.3 is 10.2 Å². The van der Waals surface area contributed by atoms with Gasteiger partial charge in [0.1, 0.15) is 0 Å². The summed E-state index contributed by atoms with van der Waals surface area (Å²) in [6.07, 6.45) is 2.80. The third kappa shape index (κ3) is 2.34. The number of carbonyl (C=O) groups is 1. The van der Waals surface area contributed by atoms with Crippen LogP contribution in [0.25, 0.3) is 0 Å². The lowest BCUT2D eigenvalue weighted by Crippen LogP contribution is -2.44. The minimum absolute atomic E-state index is 0.329. The van der Waals surface area contributed by atoms with Gasteiger partial charge in [0.25, 0.3) is 0 Å². The summed E-state index contributed by atoms with van der Waals surface area (Å²) in [7, 11) is 0. The highest BCUT2D eigenvalue weighted by Gasteiger charge is 2.47. The van der Waals surface area contributed by atoms with Gasteiger partial charge in [0.05, 0.1) is 11.5 Å². The van der Waals surface area contributed by atoms with Gasteiger partial charge in [-0.05, 0) is 30.4 Å². The first kappa shape index (κ1) is 12.1. The van der Waals surface area contributed by atoms with E-state index < -0.39 is 17.5 Å². The van der Waals surface area contributed by atoms with Crippen molar-refractivity contribution in [2.45, 2.75) is 38.2 Å². The summed E-state index contributed by atoms with van der Waals surface area (Å²) < 4.78 is 0. The van der Waals surface area contributed by atoms with Crippen molar-refractivity contribution in [3.8, 4) is 0 Å². The molecule has 0 unspecified atom stereocenters. The second-order valence-electron chi connectivity index (χ2n) is 4.92. The van der Waals surface area contributed by atoms with Crippen molar-refractivity contribution >= 4 is 5.97 Å². The number of rotatable bonds is 4. The van der Waals surface area contributed by atoms with E-state index in [1.165, 1.54) is 5.56 Å². The van der Waals surface area contributed by atoms with Crippen LogP contribution in [0.4, 0.5) is 0 Å². The Hall–Kier alpha value is -1.35. The van der Waals surface area contributed by atoms with Gasteiger partial charge in [-0.1, -0.05) is 37.6 Å². The summed E-state index contributed by atoms with van der Waals surface area (Å²) in [6, 6.07) is 7.88. The molecule has 0 atom stereocenters. The lowest BCUT2D eigenvalue weighted by atomic mass is 9.67. The number of aliphatic hydroxyl groups is 1. The largest absolute Gasteiger partial charge is 0.481 e. The second kappa shape index (κ2) is 4.49. The van der Waals surface area contributed by atoms with Crippen LogP contribution in [-0.4, -0.2) is 16.2 Å². The molecule has 0 radical (unpaired) electrons. The maximum atomic E-state index is 10.7. The summed E-state index contributed by atoms with van der Waals surface area (Å²) in [4.78, 5) is 10.7. The Morgan fingerprint density at radius 3 is 2.41 bits per heavy atom. The number of aryl methyl sites for hydroxylation is 1. The molecule has 0 spiro atoms. The Bertz CT molecular complexity index is 402. The van der Waals surface area contributed by atoms with Gasteiger partial charge in [0, 0.05) is 0 Å². The molecule has 3 nitrogen and oxygen atoms in total. The van der Waals surface area contributed by atoms with Crippen molar-refractivity contribution in [2.75, 3.05) is 0 Å². The minimum Gasteiger partial charge on any atom is -0.481 e. The van der Waals surface area contributed by atoms with E-state index in [1.807, 2.05) is 24.3 Å². The molecular weight excluding hydrogens is 216 g/mol. The fraction of sp³-hybridized carbons (Fsp3) is 0.500. The van der Waals surface area contributed by atoms with Gasteiger partial charge in [-0.25, -0.2) is 0 Å². The Morgan fingerprint density at radius 2 is 1.94 bits per heavy atom. The van der Waals surface area contributed by atoms with E-state index in [4.69, 9.17) is 5.11 Å². The van der Waals surface area contributed by atoms with Crippen molar-refractivity contribution in [3.63, 3.8) is 0 Å². The molecule has 3 heteroatoms. The van der Waals surface area contributed by atoms with Crippen molar-refractivity contribution < 1.29 is 15.0 Å². The van der Waals surface area contributed by atoms with Gasteiger partial charge in [-0.3, -0.25) is 4.79 Å². The van der Waals surface area contributed by atoms with Gasteiger partial charge in [0.15, 0.2) is 0 Å². The normalized spacial score (nSPS) is 27.5. The zero-order chi connectivity index (χ0) is 12.5. The molecule has 1 aromatic carbocycles. The van der Waals surface area contributed by atoms with E-state index in [2.05, 4.69) is 6.92 Å². The maximum Gasteiger partial charge on any atom is 0.306 e. The SMILES string of the molecule is CCCc1ccc(C2(O)CC(C(=O)O)C2)cc1. The highest BCUT2D eigenvalue weighted by Crippen LogP contribution is 2.45. The average molecular weight is 234 g/mol. The second-order valence-corrected chi connectivity index (χ2v) is 4.92. The third-order valence-electron chi connectivity index (χ3n) is 3.55. The fourth-order valence-electron chi connectivity index (χ4n) is 2.44. The third-order valence-corrected chi connectivity index (χ3v) is 3.55. The zero-order valence-electron chi connectivity index (χ0n) is 10.0. The molecule has 1 aliphatic carbocycles. The average Bonchev–Trinajstić information content (AvgIpc) is 2.26.